The summed E-state index contributed by atoms with van der Waals surface area (Å²) in [5.74, 6) is 0.0124. The molecule has 0 atom stereocenters. The van der Waals surface area contributed by atoms with Crippen LogP contribution in [0.2, 0.25) is 5.02 Å². The molecule has 35 heavy (non-hydrogen) atoms. The van der Waals surface area contributed by atoms with Gasteiger partial charge in [-0.1, -0.05) is 29.8 Å². The fraction of sp³-hybridized carbons (Fsp3) is 0.444. The van der Waals surface area contributed by atoms with Crippen molar-refractivity contribution in [2.45, 2.75) is 45.1 Å². The number of hydrogen-bond donors (Lipinski definition) is 2. The quantitative estimate of drug-likeness (QED) is 0.438. The van der Waals surface area contributed by atoms with Gasteiger partial charge in [0.05, 0.1) is 10.9 Å². The van der Waals surface area contributed by atoms with Crippen molar-refractivity contribution >= 4 is 28.4 Å². The van der Waals surface area contributed by atoms with E-state index in [1.807, 2.05) is 18.2 Å². The number of aromatic nitrogens is 2. The number of aliphatic hydroxyl groups excluding tert-OH is 1. The van der Waals surface area contributed by atoms with Gasteiger partial charge < -0.3 is 15.2 Å². The molecular formula is C27H32ClN3O4. The maximum absolute atomic E-state index is 13.5. The first kappa shape index (κ1) is 25.4. The number of aryl methyl sites for hydroxylation is 2. The van der Waals surface area contributed by atoms with Crippen molar-refractivity contribution < 1.29 is 14.6 Å². The van der Waals surface area contributed by atoms with Gasteiger partial charge in [-0.2, -0.15) is 5.10 Å². The molecule has 2 N–H and O–H groups in total. The fourth-order valence-corrected chi connectivity index (χ4v) is 4.85. The second-order valence-corrected chi connectivity index (χ2v) is 9.64. The molecule has 186 valence electrons. The third-order valence-corrected chi connectivity index (χ3v) is 6.83. The minimum atomic E-state index is -0.501. The van der Waals surface area contributed by atoms with Crippen LogP contribution in [-0.4, -0.2) is 40.6 Å². The number of fused-ring (bicyclic) bond motifs is 1. The Hall–Kier alpha value is -2.74. The molecule has 8 heteroatoms. The summed E-state index contributed by atoms with van der Waals surface area (Å²) in [6.45, 7) is 1.94. The van der Waals surface area contributed by atoms with Gasteiger partial charge in [0.15, 0.2) is 5.69 Å². The monoisotopic (exact) mass is 497 g/mol. The Bertz CT molecular complexity index is 1230. The van der Waals surface area contributed by atoms with Crippen LogP contribution in [0, 0.1) is 5.92 Å². The number of rotatable bonds is 9. The highest BCUT2D eigenvalue weighted by Crippen LogP contribution is 2.25. The zero-order valence-electron chi connectivity index (χ0n) is 20.1. The van der Waals surface area contributed by atoms with Crippen LogP contribution in [0.5, 0.6) is 0 Å². The van der Waals surface area contributed by atoms with E-state index in [2.05, 4.69) is 16.5 Å². The third kappa shape index (κ3) is 6.28. The lowest BCUT2D eigenvalue weighted by molar-refractivity contribution is 0.0665. The zero-order valence-corrected chi connectivity index (χ0v) is 20.8. The molecule has 1 fully saturated rings. The van der Waals surface area contributed by atoms with Crippen molar-refractivity contribution in [1.82, 2.24) is 15.1 Å². The minimum Gasteiger partial charge on any atom is -0.396 e. The Labute approximate surface area is 210 Å². The lowest BCUT2D eigenvalue weighted by Gasteiger charge is -2.22. The van der Waals surface area contributed by atoms with E-state index in [0.717, 1.165) is 67.5 Å². The Morgan fingerprint density at radius 1 is 1.17 bits per heavy atom. The second-order valence-electron chi connectivity index (χ2n) is 9.20. The number of nitrogens with zero attached hydrogens (tertiary/aromatic N) is 2. The number of amides is 1. The van der Waals surface area contributed by atoms with Gasteiger partial charge >= 0.3 is 0 Å². The Morgan fingerprint density at radius 3 is 2.63 bits per heavy atom. The topological polar surface area (TPSA) is 93.5 Å². The Morgan fingerprint density at radius 2 is 1.91 bits per heavy atom. The number of aliphatic hydroxyl groups is 1. The van der Waals surface area contributed by atoms with E-state index in [1.165, 1.54) is 0 Å². The lowest BCUT2D eigenvalue weighted by atomic mass is 9.90. The van der Waals surface area contributed by atoms with Crippen LogP contribution < -0.4 is 10.7 Å². The molecule has 0 radical (unpaired) electrons. The highest BCUT2D eigenvalue weighted by atomic mass is 35.5. The minimum absolute atomic E-state index is 0.113. The summed E-state index contributed by atoms with van der Waals surface area (Å²) in [6, 6.07) is 11.3. The van der Waals surface area contributed by atoms with Crippen molar-refractivity contribution in [2.24, 2.45) is 13.0 Å². The van der Waals surface area contributed by atoms with Crippen LogP contribution in [0.15, 0.2) is 41.2 Å². The van der Waals surface area contributed by atoms with Crippen molar-refractivity contribution in [2.75, 3.05) is 19.8 Å². The van der Waals surface area contributed by atoms with Gasteiger partial charge in [-0.25, -0.2) is 0 Å². The summed E-state index contributed by atoms with van der Waals surface area (Å²) in [5, 5.41) is 17.6. The van der Waals surface area contributed by atoms with E-state index in [-0.39, 0.29) is 24.3 Å². The molecule has 2 aromatic carbocycles. The number of benzene rings is 2. The van der Waals surface area contributed by atoms with E-state index < -0.39 is 5.91 Å². The first-order valence-electron chi connectivity index (χ1n) is 12.2. The molecule has 0 spiro atoms. The summed E-state index contributed by atoms with van der Waals surface area (Å²) in [4.78, 5) is 26.4. The molecule has 0 aliphatic carbocycles. The van der Waals surface area contributed by atoms with Gasteiger partial charge in [0.1, 0.15) is 0 Å². The molecule has 0 bridgehead atoms. The molecule has 1 aliphatic heterocycles. The number of ether oxygens (including phenoxy) is 1. The summed E-state index contributed by atoms with van der Waals surface area (Å²) in [6.07, 6.45) is 5.11. The van der Waals surface area contributed by atoms with Gasteiger partial charge in [-0.3, -0.25) is 14.3 Å². The van der Waals surface area contributed by atoms with Crippen molar-refractivity contribution in [3.05, 3.63) is 74.0 Å². The molecule has 2 heterocycles. The van der Waals surface area contributed by atoms with Crippen LogP contribution in [0.3, 0.4) is 0 Å². The SMILES string of the molecule is Cn1nc(C(=O)NCc2ccc(Cl)cc2)c(=O)c2cc(CC3CCOCC3)cc(CCCCO)c21. The molecule has 4 rings (SSSR count). The van der Waals surface area contributed by atoms with E-state index in [1.54, 1.807) is 23.9 Å². The third-order valence-electron chi connectivity index (χ3n) is 6.58. The molecule has 1 saturated heterocycles. The smallest absolute Gasteiger partial charge is 0.276 e. The average Bonchev–Trinajstić information content (AvgIpc) is 2.86. The number of halogens is 1. The van der Waals surface area contributed by atoms with Crippen LogP contribution in [0.4, 0.5) is 0 Å². The maximum atomic E-state index is 13.5. The lowest BCUT2D eigenvalue weighted by Crippen LogP contribution is -2.31. The van der Waals surface area contributed by atoms with E-state index in [0.29, 0.717) is 22.7 Å². The zero-order chi connectivity index (χ0) is 24.8. The number of carbonyl (C=O) groups excluding carboxylic acids is 1. The van der Waals surface area contributed by atoms with Gasteiger partial charge in [-0.15, -0.1) is 0 Å². The highest BCUT2D eigenvalue weighted by molar-refractivity contribution is 6.30. The van der Waals surface area contributed by atoms with Crippen molar-refractivity contribution in [1.29, 1.82) is 0 Å². The van der Waals surface area contributed by atoms with Gasteiger partial charge in [0.25, 0.3) is 5.91 Å². The van der Waals surface area contributed by atoms with Gasteiger partial charge in [0.2, 0.25) is 5.43 Å². The number of hydrogen-bond acceptors (Lipinski definition) is 5. The maximum Gasteiger partial charge on any atom is 0.276 e. The normalized spacial score (nSPS) is 14.4. The first-order chi connectivity index (χ1) is 17.0. The standard InChI is InChI=1S/C27H32ClN3O4/c1-31-25-21(4-2-3-11-32)15-20(14-18-9-12-35-13-10-18)16-23(25)26(33)24(30-31)27(34)29-17-19-5-7-22(28)8-6-19/h5-8,15-16,18,32H,2-4,9-14,17H2,1H3,(H,29,34). The van der Waals surface area contributed by atoms with E-state index >= 15 is 0 Å². The van der Waals surface area contributed by atoms with E-state index in [4.69, 9.17) is 16.3 Å². The highest BCUT2D eigenvalue weighted by Gasteiger charge is 2.21. The van der Waals surface area contributed by atoms with E-state index in [9.17, 15) is 14.7 Å². The van der Waals surface area contributed by atoms with Crippen molar-refractivity contribution in [3.63, 3.8) is 0 Å². The molecule has 7 nitrogen and oxygen atoms in total. The van der Waals surface area contributed by atoms with Gasteiger partial charge in [-0.05, 0) is 79.3 Å². The molecule has 1 aliphatic rings. The molecule has 3 aromatic rings. The van der Waals surface area contributed by atoms with Crippen LogP contribution in [0.1, 0.15) is 52.9 Å². The van der Waals surface area contributed by atoms with Crippen LogP contribution >= 0.6 is 11.6 Å². The fourth-order valence-electron chi connectivity index (χ4n) is 4.73. The first-order valence-corrected chi connectivity index (χ1v) is 12.6. The number of carbonyl (C=O) groups is 1. The number of unbranched alkanes of at least 4 members (excludes halogenated alkanes) is 1. The summed E-state index contributed by atoms with van der Waals surface area (Å²) in [5.41, 5.74) is 3.28. The number of nitrogens with one attached hydrogen (secondary N) is 1. The molecule has 0 saturated carbocycles. The average molecular weight is 498 g/mol. The van der Waals surface area contributed by atoms with Crippen LogP contribution in [0.25, 0.3) is 10.9 Å². The predicted octanol–water partition coefficient (Wildman–Crippen LogP) is 3.80. The van der Waals surface area contributed by atoms with Gasteiger partial charge in [0, 0.05) is 38.4 Å². The summed E-state index contributed by atoms with van der Waals surface area (Å²) >= 11 is 5.93. The summed E-state index contributed by atoms with van der Waals surface area (Å²) < 4.78 is 7.14. The Balaban J connectivity index is 1.67. The molecule has 1 aromatic heterocycles. The summed E-state index contributed by atoms with van der Waals surface area (Å²) in [7, 11) is 1.77. The van der Waals surface area contributed by atoms with Crippen LogP contribution in [-0.2, 0) is 31.2 Å². The molecule has 1 amide bonds. The second kappa shape index (κ2) is 11.8. The molecule has 0 unspecified atom stereocenters. The Kier molecular flexibility index (Phi) is 8.55. The van der Waals surface area contributed by atoms with Crippen molar-refractivity contribution in [3.8, 4) is 0 Å². The largest absolute Gasteiger partial charge is 0.396 e. The molecular weight excluding hydrogens is 466 g/mol. The predicted molar refractivity (Wildman–Crippen MR) is 137 cm³/mol.